The molecular formula is C13H23NO2. The van der Waals surface area contributed by atoms with E-state index in [9.17, 15) is 9.90 Å². The molecule has 0 aromatic heterocycles. The lowest BCUT2D eigenvalue weighted by atomic mass is 9.87. The van der Waals surface area contributed by atoms with Crippen LogP contribution in [0.4, 0.5) is 0 Å². The fourth-order valence-electron chi connectivity index (χ4n) is 3.10. The Balaban J connectivity index is 1.89. The van der Waals surface area contributed by atoms with Gasteiger partial charge in [0.2, 0.25) is 5.91 Å². The van der Waals surface area contributed by atoms with Crippen molar-refractivity contribution in [1.29, 1.82) is 0 Å². The first-order valence-corrected chi connectivity index (χ1v) is 6.69. The highest BCUT2D eigenvalue weighted by molar-refractivity contribution is 5.79. The molecule has 2 rings (SSSR count). The number of nitrogens with one attached hydrogen (secondary N) is 1. The molecule has 0 aromatic rings. The van der Waals surface area contributed by atoms with Gasteiger partial charge in [0, 0.05) is 5.92 Å². The largest absolute Gasteiger partial charge is 0.394 e. The Kier molecular flexibility index (Phi) is 3.85. The van der Waals surface area contributed by atoms with Crippen LogP contribution in [-0.4, -0.2) is 23.2 Å². The Hall–Kier alpha value is -0.570. The number of hydrogen-bond donors (Lipinski definition) is 2. The number of rotatable bonds is 3. The van der Waals surface area contributed by atoms with Gasteiger partial charge in [-0.05, 0) is 25.7 Å². The van der Waals surface area contributed by atoms with Crippen LogP contribution in [0.3, 0.4) is 0 Å². The van der Waals surface area contributed by atoms with Crippen LogP contribution in [0.5, 0.6) is 0 Å². The smallest absolute Gasteiger partial charge is 0.223 e. The minimum absolute atomic E-state index is 0.103. The molecule has 0 heterocycles. The molecular weight excluding hydrogens is 202 g/mol. The van der Waals surface area contributed by atoms with E-state index >= 15 is 0 Å². The normalized spacial score (nSPS) is 25.6. The number of carbonyl (C=O) groups is 1. The van der Waals surface area contributed by atoms with Crippen LogP contribution in [0.25, 0.3) is 0 Å². The molecule has 0 atom stereocenters. The number of aliphatic hydroxyl groups excluding tert-OH is 1. The summed E-state index contributed by atoms with van der Waals surface area (Å²) in [5, 5.41) is 12.6. The van der Waals surface area contributed by atoms with E-state index in [0.29, 0.717) is 0 Å². The Bertz CT molecular complexity index is 240. The molecule has 1 amide bonds. The Morgan fingerprint density at radius 1 is 1.12 bits per heavy atom. The maximum Gasteiger partial charge on any atom is 0.223 e. The van der Waals surface area contributed by atoms with Gasteiger partial charge in [-0.25, -0.2) is 0 Å². The molecule has 0 spiro atoms. The fraction of sp³-hybridized carbons (Fsp3) is 0.923. The SMILES string of the molecule is O=C(NC1(CO)CCCC1)C1CCCCC1. The quantitative estimate of drug-likeness (QED) is 0.771. The van der Waals surface area contributed by atoms with Gasteiger partial charge in [-0.2, -0.15) is 0 Å². The first-order chi connectivity index (χ1) is 7.76. The Labute approximate surface area is 97.6 Å². The molecule has 3 heteroatoms. The average molecular weight is 225 g/mol. The second-order valence-electron chi connectivity index (χ2n) is 5.47. The van der Waals surface area contributed by atoms with Crippen molar-refractivity contribution in [3.8, 4) is 0 Å². The third-order valence-corrected chi connectivity index (χ3v) is 4.23. The maximum atomic E-state index is 12.1. The van der Waals surface area contributed by atoms with Crippen LogP contribution in [-0.2, 0) is 4.79 Å². The van der Waals surface area contributed by atoms with Crippen LogP contribution in [0, 0.1) is 5.92 Å². The van der Waals surface area contributed by atoms with Crippen molar-refractivity contribution in [2.75, 3.05) is 6.61 Å². The van der Waals surface area contributed by atoms with Crippen molar-refractivity contribution in [2.45, 2.75) is 63.3 Å². The van der Waals surface area contributed by atoms with Crippen LogP contribution in [0.15, 0.2) is 0 Å². The average Bonchev–Trinajstić information content (AvgIpc) is 2.79. The van der Waals surface area contributed by atoms with Gasteiger partial charge in [0.1, 0.15) is 0 Å². The molecule has 2 saturated carbocycles. The van der Waals surface area contributed by atoms with Gasteiger partial charge in [-0.15, -0.1) is 0 Å². The molecule has 0 aliphatic heterocycles. The van der Waals surface area contributed by atoms with E-state index < -0.39 is 0 Å². The topological polar surface area (TPSA) is 49.3 Å². The van der Waals surface area contributed by atoms with Gasteiger partial charge in [0.15, 0.2) is 0 Å². The van der Waals surface area contributed by atoms with E-state index in [2.05, 4.69) is 5.32 Å². The van der Waals surface area contributed by atoms with Crippen LogP contribution in [0.1, 0.15) is 57.8 Å². The van der Waals surface area contributed by atoms with E-state index in [-0.39, 0.29) is 24.0 Å². The van der Waals surface area contributed by atoms with Crippen molar-refractivity contribution in [2.24, 2.45) is 5.92 Å². The number of hydrogen-bond acceptors (Lipinski definition) is 2. The molecule has 0 saturated heterocycles. The minimum Gasteiger partial charge on any atom is -0.394 e. The van der Waals surface area contributed by atoms with Crippen LogP contribution in [0.2, 0.25) is 0 Å². The summed E-state index contributed by atoms with van der Waals surface area (Å²) in [7, 11) is 0. The molecule has 0 unspecified atom stereocenters. The molecule has 2 aliphatic carbocycles. The number of carbonyl (C=O) groups excluding carboxylic acids is 1. The lowest BCUT2D eigenvalue weighted by Crippen LogP contribution is -2.51. The van der Waals surface area contributed by atoms with Crippen molar-refractivity contribution in [3.05, 3.63) is 0 Å². The van der Waals surface area contributed by atoms with Gasteiger partial charge in [-0.3, -0.25) is 4.79 Å². The molecule has 3 nitrogen and oxygen atoms in total. The van der Waals surface area contributed by atoms with Gasteiger partial charge in [0.05, 0.1) is 12.1 Å². The zero-order valence-electron chi connectivity index (χ0n) is 10.0. The second kappa shape index (κ2) is 5.17. The highest BCUT2D eigenvalue weighted by atomic mass is 16.3. The summed E-state index contributed by atoms with van der Waals surface area (Å²) < 4.78 is 0. The Morgan fingerprint density at radius 3 is 2.31 bits per heavy atom. The molecule has 2 fully saturated rings. The van der Waals surface area contributed by atoms with Crippen molar-refractivity contribution in [3.63, 3.8) is 0 Å². The zero-order chi connectivity index (χ0) is 11.4. The molecule has 0 aromatic carbocycles. The minimum atomic E-state index is -0.283. The van der Waals surface area contributed by atoms with Crippen molar-refractivity contribution in [1.82, 2.24) is 5.32 Å². The van der Waals surface area contributed by atoms with E-state index in [4.69, 9.17) is 0 Å². The van der Waals surface area contributed by atoms with Gasteiger partial charge in [-0.1, -0.05) is 32.1 Å². The highest BCUT2D eigenvalue weighted by Crippen LogP contribution is 2.31. The number of amides is 1. The summed E-state index contributed by atoms with van der Waals surface area (Å²) in [5.74, 6) is 0.397. The summed E-state index contributed by atoms with van der Waals surface area (Å²) in [6.07, 6.45) is 9.87. The van der Waals surface area contributed by atoms with Crippen LogP contribution >= 0.6 is 0 Å². The van der Waals surface area contributed by atoms with Crippen LogP contribution < -0.4 is 5.32 Å². The predicted octanol–water partition coefficient (Wildman–Crippen LogP) is 1.99. The summed E-state index contributed by atoms with van der Waals surface area (Å²) in [6.45, 7) is 0.103. The van der Waals surface area contributed by atoms with Gasteiger partial charge in [0.25, 0.3) is 0 Å². The van der Waals surface area contributed by atoms with E-state index in [1.165, 1.54) is 19.3 Å². The van der Waals surface area contributed by atoms with E-state index in [0.717, 1.165) is 38.5 Å². The third kappa shape index (κ3) is 2.57. The monoisotopic (exact) mass is 225 g/mol. The summed E-state index contributed by atoms with van der Waals surface area (Å²) in [5.41, 5.74) is -0.283. The highest BCUT2D eigenvalue weighted by Gasteiger charge is 2.36. The number of aliphatic hydroxyl groups is 1. The lowest BCUT2D eigenvalue weighted by molar-refractivity contribution is -0.128. The van der Waals surface area contributed by atoms with E-state index in [1.54, 1.807) is 0 Å². The first-order valence-electron chi connectivity index (χ1n) is 6.69. The van der Waals surface area contributed by atoms with Crippen molar-refractivity contribution >= 4 is 5.91 Å². The molecule has 92 valence electrons. The molecule has 2 N–H and O–H groups in total. The summed E-state index contributed by atoms with van der Waals surface area (Å²) in [6, 6.07) is 0. The molecule has 2 aliphatic rings. The molecule has 0 radical (unpaired) electrons. The first kappa shape index (κ1) is 11.9. The molecule has 0 bridgehead atoms. The van der Waals surface area contributed by atoms with E-state index in [1.807, 2.05) is 0 Å². The fourth-order valence-corrected chi connectivity index (χ4v) is 3.10. The third-order valence-electron chi connectivity index (χ3n) is 4.23. The second-order valence-corrected chi connectivity index (χ2v) is 5.47. The standard InChI is InChI=1S/C13H23NO2/c15-10-13(8-4-5-9-13)14-12(16)11-6-2-1-3-7-11/h11,15H,1-10H2,(H,14,16). The van der Waals surface area contributed by atoms with Gasteiger partial charge < -0.3 is 10.4 Å². The zero-order valence-corrected chi connectivity index (χ0v) is 10.0. The Morgan fingerprint density at radius 2 is 1.75 bits per heavy atom. The summed E-state index contributed by atoms with van der Waals surface area (Å²) in [4.78, 5) is 12.1. The maximum absolute atomic E-state index is 12.1. The predicted molar refractivity (Wildman–Crippen MR) is 63.0 cm³/mol. The van der Waals surface area contributed by atoms with Gasteiger partial charge >= 0.3 is 0 Å². The van der Waals surface area contributed by atoms with Crippen molar-refractivity contribution < 1.29 is 9.90 Å². The molecule has 16 heavy (non-hydrogen) atoms. The lowest BCUT2D eigenvalue weighted by Gasteiger charge is -2.31. The summed E-state index contributed by atoms with van der Waals surface area (Å²) >= 11 is 0.